The van der Waals surface area contributed by atoms with Crippen LogP contribution in [0, 0.1) is 0 Å². The van der Waals surface area contributed by atoms with Gasteiger partial charge < -0.3 is 24.4 Å². The standard InChI is InChI=1S/C19H18N4O5/c1-26-15-8-7-12(9-16(15)27-2)10-20-28-11-17(24)22-23-18-13-5-3-4-6-14(13)21-19(18)25/h3-10,21,25H,11H2,1-2H3. The number of aromatic hydroxyl groups is 1. The number of para-hydroxylation sites is 1. The van der Waals surface area contributed by atoms with E-state index in [1.54, 1.807) is 43.5 Å². The Kier molecular flexibility index (Phi) is 5.85. The van der Waals surface area contributed by atoms with Crippen LogP contribution in [0.15, 0.2) is 57.8 Å². The Balaban J connectivity index is 1.58. The Bertz CT molecular complexity index is 1040. The number of rotatable bonds is 7. The molecule has 2 aromatic carbocycles. The van der Waals surface area contributed by atoms with Gasteiger partial charge in [-0.25, -0.2) is 0 Å². The van der Waals surface area contributed by atoms with Gasteiger partial charge in [0.2, 0.25) is 5.88 Å². The molecule has 0 spiro atoms. The molecule has 3 rings (SSSR count). The third-order valence-corrected chi connectivity index (χ3v) is 3.79. The highest BCUT2D eigenvalue weighted by Crippen LogP contribution is 2.35. The van der Waals surface area contributed by atoms with Crippen molar-refractivity contribution in [3.05, 3.63) is 48.0 Å². The lowest BCUT2D eigenvalue weighted by molar-refractivity contribution is -0.122. The van der Waals surface area contributed by atoms with Crippen LogP contribution in [0.3, 0.4) is 0 Å². The number of fused-ring (bicyclic) bond motifs is 1. The molecule has 9 nitrogen and oxygen atoms in total. The first-order valence-electron chi connectivity index (χ1n) is 8.24. The fourth-order valence-corrected chi connectivity index (χ4v) is 2.47. The van der Waals surface area contributed by atoms with Gasteiger partial charge in [0.05, 0.1) is 26.0 Å². The van der Waals surface area contributed by atoms with Crippen molar-refractivity contribution in [1.29, 1.82) is 0 Å². The molecule has 0 fully saturated rings. The molecule has 1 heterocycles. The van der Waals surface area contributed by atoms with Gasteiger partial charge in [-0.2, -0.15) is 0 Å². The van der Waals surface area contributed by atoms with E-state index in [4.69, 9.17) is 14.3 Å². The van der Waals surface area contributed by atoms with E-state index in [2.05, 4.69) is 20.4 Å². The summed E-state index contributed by atoms with van der Waals surface area (Å²) in [5.74, 6) is 0.339. The maximum Gasteiger partial charge on any atom is 0.304 e. The highest BCUT2D eigenvalue weighted by atomic mass is 16.6. The third-order valence-electron chi connectivity index (χ3n) is 3.79. The topological polar surface area (TPSA) is 118 Å². The molecule has 9 heteroatoms. The lowest BCUT2D eigenvalue weighted by Gasteiger charge is -2.07. The van der Waals surface area contributed by atoms with Gasteiger partial charge in [0.1, 0.15) is 0 Å². The van der Waals surface area contributed by atoms with Crippen LogP contribution in [-0.4, -0.2) is 43.0 Å². The molecular formula is C19H18N4O5. The van der Waals surface area contributed by atoms with Crippen molar-refractivity contribution >= 4 is 28.7 Å². The minimum absolute atomic E-state index is 0.162. The van der Waals surface area contributed by atoms with E-state index in [9.17, 15) is 9.90 Å². The number of benzene rings is 2. The summed E-state index contributed by atoms with van der Waals surface area (Å²) in [6.07, 6.45) is 1.43. The van der Waals surface area contributed by atoms with Crippen molar-refractivity contribution in [3.8, 4) is 17.4 Å². The minimum Gasteiger partial charge on any atom is -0.493 e. The van der Waals surface area contributed by atoms with Crippen molar-refractivity contribution in [1.82, 2.24) is 4.98 Å². The average Bonchev–Trinajstić information content (AvgIpc) is 3.04. The third kappa shape index (κ3) is 4.26. The molecule has 3 aromatic rings. The number of oxime groups is 1. The Morgan fingerprint density at radius 2 is 1.93 bits per heavy atom. The molecule has 0 aliphatic rings. The number of nitrogens with zero attached hydrogens (tertiary/aromatic N) is 3. The van der Waals surface area contributed by atoms with Gasteiger partial charge in [0.15, 0.2) is 23.8 Å². The molecule has 144 valence electrons. The summed E-state index contributed by atoms with van der Waals surface area (Å²) < 4.78 is 10.3. The minimum atomic E-state index is -0.644. The maximum atomic E-state index is 11.8. The van der Waals surface area contributed by atoms with Crippen molar-refractivity contribution < 1.29 is 24.2 Å². The normalized spacial score (nSPS) is 11.4. The van der Waals surface area contributed by atoms with E-state index in [-0.39, 0.29) is 11.6 Å². The van der Waals surface area contributed by atoms with Gasteiger partial charge in [-0.05, 0) is 24.3 Å². The number of carbonyl (C=O) groups is 1. The highest BCUT2D eigenvalue weighted by Gasteiger charge is 2.10. The summed E-state index contributed by atoms with van der Waals surface area (Å²) in [7, 11) is 3.08. The van der Waals surface area contributed by atoms with Crippen LogP contribution in [-0.2, 0) is 9.63 Å². The number of azo groups is 1. The molecule has 0 radical (unpaired) electrons. The predicted octanol–water partition coefficient (Wildman–Crippen LogP) is 3.55. The van der Waals surface area contributed by atoms with Gasteiger partial charge in [-0.15, -0.1) is 10.2 Å². The fraction of sp³-hybridized carbons (Fsp3) is 0.158. The number of ether oxygens (including phenoxy) is 2. The molecule has 28 heavy (non-hydrogen) atoms. The van der Waals surface area contributed by atoms with Gasteiger partial charge in [0.25, 0.3) is 0 Å². The number of hydrogen-bond donors (Lipinski definition) is 2. The van der Waals surface area contributed by atoms with Crippen molar-refractivity contribution in [2.24, 2.45) is 15.4 Å². The van der Waals surface area contributed by atoms with E-state index in [0.717, 1.165) is 0 Å². The van der Waals surface area contributed by atoms with Crippen molar-refractivity contribution in [2.45, 2.75) is 0 Å². The summed E-state index contributed by atoms with van der Waals surface area (Å²) in [6, 6.07) is 12.4. The Morgan fingerprint density at radius 1 is 1.14 bits per heavy atom. The molecule has 2 N–H and O–H groups in total. The van der Waals surface area contributed by atoms with E-state index < -0.39 is 12.5 Å². The summed E-state index contributed by atoms with van der Waals surface area (Å²) in [5.41, 5.74) is 1.59. The van der Waals surface area contributed by atoms with Crippen LogP contribution in [0.2, 0.25) is 0 Å². The van der Waals surface area contributed by atoms with E-state index >= 15 is 0 Å². The monoisotopic (exact) mass is 382 g/mol. The molecular weight excluding hydrogens is 364 g/mol. The molecule has 1 aromatic heterocycles. The number of aromatic nitrogens is 1. The molecule has 1 amide bonds. The molecule has 0 atom stereocenters. The van der Waals surface area contributed by atoms with Crippen molar-refractivity contribution in [3.63, 3.8) is 0 Å². The van der Waals surface area contributed by atoms with Crippen molar-refractivity contribution in [2.75, 3.05) is 20.8 Å². The summed E-state index contributed by atoms with van der Waals surface area (Å²) in [6.45, 7) is -0.392. The first-order valence-corrected chi connectivity index (χ1v) is 8.24. The SMILES string of the molecule is COc1ccc(C=NOCC(=O)N=Nc2c(O)[nH]c3ccccc23)cc1OC. The zero-order valence-corrected chi connectivity index (χ0v) is 15.2. The largest absolute Gasteiger partial charge is 0.493 e. The first kappa shape index (κ1) is 18.9. The molecule has 0 aliphatic carbocycles. The van der Waals surface area contributed by atoms with E-state index in [0.29, 0.717) is 28.0 Å². The second-order valence-electron chi connectivity index (χ2n) is 5.58. The van der Waals surface area contributed by atoms with Crippen LogP contribution in [0.5, 0.6) is 17.4 Å². The van der Waals surface area contributed by atoms with Crippen LogP contribution in [0.4, 0.5) is 5.69 Å². The molecule has 0 unspecified atom stereocenters. The van der Waals surface area contributed by atoms with Gasteiger partial charge in [-0.1, -0.05) is 23.4 Å². The zero-order valence-electron chi connectivity index (χ0n) is 15.2. The number of methoxy groups -OCH3 is 2. The highest BCUT2D eigenvalue weighted by molar-refractivity contribution is 5.94. The molecule has 0 bridgehead atoms. The molecule has 0 saturated heterocycles. The lowest BCUT2D eigenvalue weighted by Crippen LogP contribution is -2.01. The van der Waals surface area contributed by atoms with Crippen LogP contribution < -0.4 is 9.47 Å². The average molecular weight is 382 g/mol. The van der Waals surface area contributed by atoms with E-state index in [1.807, 2.05) is 6.07 Å². The Labute approximate surface area is 160 Å². The maximum absolute atomic E-state index is 11.8. The number of amides is 1. The summed E-state index contributed by atoms with van der Waals surface area (Å²) >= 11 is 0. The fourth-order valence-electron chi connectivity index (χ4n) is 2.47. The van der Waals surface area contributed by atoms with E-state index in [1.165, 1.54) is 13.3 Å². The summed E-state index contributed by atoms with van der Waals surface area (Å²) in [4.78, 5) is 19.5. The van der Waals surface area contributed by atoms with Gasteiger partial charge >= 0.3 is 5.91 Å². The Morgan fingerprint density at radius 3 is 2.71 bits per heavy atom. The number of nitrogens with one attached hydrogen (secondary N) is 1. The molecule has 0 aliphatic heterocycles. The molecule has 0 saturated carbocycles. The second-order valence-corrected chi connectivity index (χ2v) is 5.58. The van der Waals surface area contributed by atoms with Crippen LogP contribution in [0.1, 0.15) is 5.56 Å². The van der Waals surface area contributed by atoms with Crippen LogP contribution >= 0.6 is 0 Å². The number of H-pyrrole nitrogens is 1. The lowest BCUT2D eigenvalue weighted by atomic mass is 10.2. The predicted molar refractivity (Wildman–Crippen MR) is 103 cm³/mol. The zero-order chi connectivity index (χ0) is 19.9. The summed E-state index contributed by atoms with van der Waals surface area (Å²) in [5, 5.41) is 21.6. The van der Waals surface area contributed by atoms with Gasteiger partial charge in [0, 0.05) is 10.9 Å². The second kappa shape index (κ2) is 8.67. The number of aromatic amines is 1. The van der Waals surface area contributed by atoms with Crippen LogP contribution in [0.25, 0.3) is 10.9 Å². The number of hydrogen-bond acceptors (Lipinski definition) is 7. The first-order chi connectivity index (χ1) is 13.6. The smallest absolute Gasteiger partial charge is 0.304 e. The quantitative estimate of drug-likeness (QED) is 0.368. The van der Waals surface area contributed by atoms with Gasteiger partial charge in [-0.3, -0.25) is 4.79 Å². The number of carbonyl (C=O) groups excluding carboxylic acids is 1. The Hall–Kier alpha value is -3.88.